The molecule has 0 fully saturated rings. The second-order valence-corrected chi connectivity index (χ2v) is 38.9. The van der Waals surface area contributed by atoms with Crippen molar-refractivity contribution in [1.29, 1.82) is 0 Å². The highest BCUT2D eigenvalue weighted by Gasteiger charge is 2.32. The lowest BCUT2D eigenvalue weighted by Gasteiger charge is -2.33. The summed E-state index contributed by atoms with van der Waals surface area (Å²) in [7, 11) is 0. The summed E-state index contributed by atoms with van der Waals surface area (Å²) in [6.07, 6.45) is 18.3. The second kappa shape index (κ2) is 43.2. The van der Waals surface area contributed by atoms with Gasteiger partial charge in [0.05, 0.1) is 13.0 Å². The average molecular weight is 1530 g/mol. The summed E-state index contributed by atoms with van der Waals surface area (Å²) in [4.78, 5) is 24.2. The van der Waals surface area contributed by atoms with E-state index in [2.05, 4.69) is 333 Å². The van der Waals surface area contributed by atoms with Crippen LogP contribution in [0.2, 0.25) is 0 Å². The lowest BCUT2D eigenvalue weighted by Crippen LogP contribution is -2.24. The third-order valence-electron chi connectivity index (χ3n) is 18.2. The fourth-order valence-electron chi connectivity index (χ4n) is 13.2. The molecular formula is C103H161NO7. The van der Waals surface area contributed by atoms with Gasteiger partial charge in [-0.15, -0.1) is 6.42 Å². The molecule has 5 rings (SSSR count). The van der Waals surface area contributed by atoms with Crippen molar-refractivity contribution in [2.24, 2.45) is 10.8 Å². The Labute approximate surface area is 694 Å². The fourth-order valence-corrected chi connectivity index (χ4v) is 13.2. The summed E-state index contributed by atoms with van der Waals surface area (Å²) in [6, 6.07) is 30.1. The van der Waals surface area contributed by atoms with Crippen molar-refractivity contribution in [3.63, 3.8) is 0 Å². The van der Waals surface area contributed by atoms with Gasteiger partial charge in [-0.2, -0.15) is 0 Å². The average Bonchev–Trinajstić information content (AvgIpc) is 0.775. The first-order valence-electron chi connectivity index (χ1n) is 39.4. The van der Waals surface area contributed by atoms with Crippen LogP contribution >= 0.6 is 0 Å². The van der Waals surface area contributed by atoms with Crippen LogP contribution in [-0.4, -0.2) is 33.9 Å². The summed E-state index contributed by atoms with van der Waals surface area (Å²) in [6.45, 7) is 65.8. The van der Waals surface area contributed by atoms with Crippen molar-refractivity contribution < 1.29 is 52.9 Å². The molecule has 0 amide bonds. The molecule has 8 heteroatoms. The number of carbonyl (C=O) groups is 2. The summed E-state index contributed by atoms with van der Waals surface area (Å²) in [5, 5.41) is 35.5. The summed E-state index contributed by atoms with van der Waals surface area (Å²) in [5.74, 6) is 39.6. The molecule has 111 heavy (non-hydrogen) atoms. The van der Waals surface area contributed by atoms with Crippen LogP contribution in [0.4, 0.5) is 11.4 Å². The van der Waals surface area contributed by atoms with Crippen molar-refractivity contribution in [1.82, 2.24) is 0 Å². The van der Waals surface area contributed by atoms with Gasteiger partial charge >= 0.3 is 11.9 Å². The number of hydrogen-bond acceptors (Lipinski definition) is 8. The third kappa shape index (κ3) is 37.7. The van der Waals surface area contributed by atoms with E-state index < -0.39 is 5.97 Å². The van der Waals surface area contributed by atoms with Gasteiger partial charge in [0, 0.05) is 83.7 Å². The Hall–Kier alpha value is -9.72. The Morgan fingerprint density at radius 1 is 0.387 bits per heavy atom. The van der Waals surface area contributed by atoms with Crippen molar-refractivity contribution >= 4 is 23.3 Å². The van der Waals surface area contributed by atoms with E-state index in [1.165, 1.54) is 55.2 Å². The number of aromatic hydroxyl groups is 3. The van der Waals surface area contributed by atoms with Crippen molar-refractivity contribution in [2.45, 2.75) is 328 Å². The molecule has 0 unspecified atom stereocenters. The minimum Gasteiger partial charge on any atom is -0.507 e. The number of ether oxygens (including phenoxy) is 2. The van der Waals surface area contributed by atoms with E-state index >= 15 is 0 Å². The van der Waals surface area contributed by atoms with E-state index in [0.717, 1.165) is 68.7 Å². The second-order valence-electron chi connectivity index (χ2n) is 38.9. The number of nitrogens with one attached hydrogen (secondary N) is 1. The van der Waals surface area contributed by atoms with Gasteiger partial charge < -0.3 is 30.1 Å². The first-order valence-corrected chi connectivity index (χ1v) is 39.4. The quantitative estimate of drug-likeness (QED) is 0.0366. The number of aryl methyl sites for hydroxylation is 3. The first kappa shape index (κ1) is 97.4. The van der Waals surface area contributed by atoms with Crippen molar-refractivity contribution in [2.75, 3.05) is 11.9 Å². The molecule has 5 aromatic rings. The molecule has 0 heterocycles. The van der Waals surface area contributed by atoms with E-state index in [9.17, 15) is 24.9 Å². The maximum atomic E-state index is 12.1. The minimum absolute atomic E-state index is 0. The van der Waals surface area contributed by atoms with E-state index in [1.807, 2.05) is 65.8 Å². The SMILES string of the molecule is C#CC#CC#CC#CC#CC#CC#CC#CC#COC(=O)CCc1cc(C(C)(C)C)c(O)c(C(C)(C)C)c1.CC(C)(C)CC(C)(C)c1ccc(Nc2ccc(C(C)(C)CC(C)(C)C)cc2)cc1.CCCCCCCCOC(=O)CCc1cc(C(C)(C)C)c(O)c(C(C)(C)C)c1.Cc1cc(C(C)(C)C)c(O)c(C(C)(C)C)c1.[HH].[HH].[HH].[HH].[HH].[HH].[HH].[HH].[HH].[HH].[HH].[HH].[HH]. The van der Waals surface area contributed by atoms with Gasteiger partial charge in [-0.3, -0.25) is 9.59 Å². The summed E-state index contributed by atoms with van der Waals surface area (Å²) < 4.78 is 10.3. The Balaban J connectivity index is -0.000000134. The highest BCUT2D eigenvalue weighted by molar-refractivity contribution is 5.71. The molecule has 8 nitrogen and oxygen atoms in total. The molecule has 0 spiro atoms. The van der Waals surface area contributed by atoms with Gasteiger partial charge in [-0.25, -0.2) is 0 Å². The molecule has 0 aliphatic heterocycles. The van der Waals surface area contributed by atoms with Crippen LogP contribution in [0.25, 0.3) is 0 Å². The molecule has 0 bridgehead atoms. The number of rotatable bonds is 19. The zero-order chi connectivity index (χ0) is 84.6. The molecule has 0 atom stereocenters. The summed E-state index contributed by atoms with van der Waals surface area (Å²) in [5.41, 5.74) is 14.2. The molecule has 0 aliphatic rings. The number of anilines is 2. The smallest absolute Gasteiger partial charge is 0.320 e. The maximum absolute atomic E-state index is 12.1. The molecular weight excluding hydrogens is 1360 g/mol. The van der Waals surface area contributed by atoms with Crippen LogP contribution in [0.5, 0.6) is 17.2 Å². The lowest BCUT2D eigenvalue weighted by atomic mass is 9.72. The monoisotopic (exact) mass is 1520 g/mol. The zero-order valence-corrected chi connectivity index (χ0v) is 73.8. The number of hydrogen-bond donors (Lipinski definition) is 4. The molecule has 0 radical (unpaired) electrons. The normalized spacial score (nSPS) is 11.4. The van der Waals surface area contributed by atoms with Crippen LogP contribution < -0.4 is 5.32 Å². The molecule has 4 N–H and O–H groups in total. The van der Waals surface area contributed by atoms with Gasteiger partial charge in [0.1, 0.15) is 23.4 Å². The van der Waals surface area contributed by atoms with Crippen LogP contribution in [0.15, 0.2) is 84.9 Å². The number of terminal acetylenes is 1. The Bertz CT molecular complexity index is 4390. The molecule has 620 valence electrons. The van der Waals surface area contributed by atoms with Gasteiger partial charge in [-0.05, 0) is 220 Å². The molecule has 0 saturated heterocycles. The highest BCUT2D eigenvalue weighted by atomic mass is 16.5. The van der Waals surface area contributed by atoms with E-state index in [0.29, 0.717) is 53.9 Å². The van der Waals surface area contributed by atoms with Gasteiger partial charge in [-0.1, -0.05) is 299 Å². The number of phenols is 3. The standard InChI is InChI=1S/C35H26O3.C28H43N.C25H42O3.C15H24O.13H2/c1-8-9-10-11-12-13-14-15-16-17-18-19-20-21-22-23-26-38-32(36)25-24-29-27-30(34(2,3)4)33(37)31(28-29)35(5,6)7;1-25(2,3)19-27(7,8)21-11-15-23(16-12-21)29-24-17-13-22(14-18-24)28(9,10)20-26(4,5)6;1-8-9-10-11-12-13-16-28-22(26)15-14-19-17-20(24(2,3)4)23(27)21(18-19)25(5,6)7;1-10-8-11(14(2,3)4)13(16)12(9-10)15(5,6)7;;;;;;;;;;;;;/h1,27-28,37H,24-25H2,2-7H3;11-18,29H,19-20H2,1-10H3;17-18,27H,8-16H2,1-7H3;8-9,16H,1-7H3;13*1H. The highest BCUT2D eigenvalue weighted by Crippen LogP contribution is 2.44. The minimum atomic E-state index is -0.466. The number of phenolic OH excluding ortho intramolecular Hbond substituents is 3. The number of esters is 2. The van der Waals surface area contributed by atoms with Gasteiger partial charge in [0.2, 0.25) is 0 Å². The summed E-state index contributed by atoms with van der Waals surface area (Å²) >= 11 is 0. The van der Waals surface area contributed by atoms with E-state index in [4.69, 9.17) is 15.9 Å². The number of benzene rings is 5. The molecule has 5 aromatic carbocycles. The largest absolute Gasteiger partial charge is 0.507 e. The molecule has 0 saturated carbocycles. The predicted molar refractivity (Wildman–Crippen MR) is 497 cm³/mol. The Morgan fingerprint density at radius 3 is 0.964 bits per heavy atom. The fraction of sp³-hybridized carbons (Fsp3) is 0.515. The topological polar surface area (TPSA) is 125 Å². The molecule has 0 aliphatic carbocycles. The van der Waals surface area contributed by atoms with Crippen molar-refractivity contribution in [3.8, 4) is 125 Å². The molecule has 0 aromatic heterocycles. The van der Waals surface area contributed by atoms with Gasteiger partial charge in [0.25, 0.3) is 0 Å². The Kier molecular flexibility index (Phi) is 37.9. The first-order chi connectivity index (χ1) is 51.0. The van der Waals surface area contributed by atoms with Crippen LogP contribution in [0.1, 0.15) is 345 Å². The lowest BCUT2D eigenvalue weighted by molar-refractivity contribution is -0.143. The van der Waals surface area contributed by atoms with Crippen molar-refractivity contribution in [3.05, 3.63) is 146 Å². The van der Waals surface area contributed by atoms with E-state index in [-0.39, 0.29) is 74.3 Å². The Morgan fingerprint density at radius 2 is 0.667 bits per heavy atom. The predicted octanol–water partition coefficient (Wildman–Crippen LogP) is 27.3. The number of carbonyl (C=O) groups excluding carboxylic acids is 2. The zero-order valence-electron chi connectivity index (χ0n) is 73.8. The van der Waals surface area contributed by atoms with Crippen LogP contribution in [0.3, 0.4) is 0 Å². The van der Waals surface area contributed by atoms with Crippen LogP contribution in [0, 0.1) is 125 Å². The third-order valence-corrected chi connectivity index (χ3v) is 18.2. The van der Waals surface area contributed by atoms with E-state index in [1.54, 1.807) is 0 Å². The maximum Gasteiger partial charge on any atom is 0.320 e. The number of unbranched alkanes of at least 4 members (excludes halogenated alkanes) is 5. The van der Waals surface area contributed by atoms with Gasteiger partial charge in [0.15, 0.2) is 0 Å². The van der Waals surface area contributed by atoms with Crippen LogP contribution in [-0.2, 0) is 75.2 Å².